The van der Waals surface area contributed by atoms with E-state index in [1.807, 2.05) is 36.3 Å². The van der Waals surface area contributed by atoms with Crippen LogP contribution in [0.5, 0.6) is 0 Å². The molecule has 4 rings (SSSR count). The quantitative estimate of drug-likeness (QED) is 0.729. The number of aromatic nitrogens is 1. The molecule has 2 atom stereocenters. The Kier molecular flexibility index (Phi) is 6.55. The van der Waals surface area contributed by atoms with E-state index in [2.05, 4.69) is 25.2 Å². The number of dihydropyridines is 2. The van der Waals surface area contributed by atoms with Crippen molar-refractivity contribution in [2.45, 2.75) is 25.4 Å². The average Bonchev–Trinajstić information content (AvgIpc) is 2.83. The number of piperazine rings is 1. The first kappa shape index (κ1) is 22.0. The van der Waals surface area contributed by atoms with Gasteiger partial charge in [-0.1, -0.05) is 6.92 Å². The Morgan fingerprint density at radius 2 is 2.16 bits per heavy atom. The van der Waals surface area contributed by atoms with E-state index in [1.54, 1.807) is 19.3 Å². The van der Waals surface area contributed by atoms with Crippen LogP contribution in [0.2, 0.25) is 0 Å². The third-order valence-corrected chi connectivity index (χ3v) is 5.97. The van der Waals surface area contributed by atoms with E-state index in [-0.39, 0.29) is 23.9 Å². The van der Waals surface area contributed by atoms with Gasteiger partial charge in [0, 0.05) is 45.0 Å². The molecule has 3 aliphatic rings. The van der Waals surface area contributed by atoms with Gasteiger partial charge in [0.1, 0.15) is 18.4 Å². The lowest BCUT2D eigenvalue weighted by Gasteiger charge is -2.41. The van der Waals surface area contributed by atoms with Gasteiger partial charge in [-0.3, -0.25) is 19.5 Å². The van der Waals surface area contributed by atoms with Crippen molar-refractivity contribution in [2.75, 3.05) is 44.8 Å². The summed E-state index contributed by atoms with van der Waals surface area (Å²) in [6.45, 7) is 4.00. The summed E-state index contributed by atoms with van der Waals surface area (Å²) in [6.07, 6.45) is 7.92. The first-order valence-corrected chi connectivity index (χ1v) is 10.8. The Labute approximate surface area is 186 Å². The highest BCUT2D eigenvalue weighted by atomic mass is 19.1. The van der Waals surface area contributed by atoms with Gasteiger partial charge in [-0.25, -0.2) is 14.4 Å². The second-order valence-electron chi connectivity index (χ2n) is 8.05. The highest BCUT2D eigenvalue weighted by Crippen LogP contribution is 2.23. The van der Waals surface area contributed by atoms with Crippen LogP contribution in [0.15, 0.2) is 51.6 Å². The molecule has 1 saturated heterocycles. The van der Waals surface area contributed by atoms with E-state index in [4.69, 9.17) is 0 Å². The van der Waals surface area contributed by atoms with Crippen molar-refractivity contribution in [1.29, 1.82) is 0 Å². The Morgan fingerprint density at radius 3 is 2.84 bits per heavy atom. The van der Waals surface area contributed by atoms with Crippen LogP contribution in [0.1, 0.15) is 23.8 Å². The molecule has 1 N–H and O–H groups in total. The minimum atomic E-state index is -0.491. The average molecular weight is 439 g/mol. The van der Waals surface area contributed by atoms with E-state index in [0.717, 1.165) is 17.8 Å². The molecule has 8 nitrogen and oxygen atoms in total. The zero-order chi connectivity index (χ0) is 22.7. The number of amides is 2. The predicted molar refractivity (Wildman–Crippen MR) is 122 cm³/mol. The maximum absolute atomic E-state index is 13.9. The topological polar surface area (TPSA) is 90.3 Å². The van der Waals surface area contributed by atoms with Gasteiger partial charge in [-0.15, -0.1) is 0 Å². The molecule has 0 saturated carbocycles. The summed E-state index contributed by atoms with van der Waals surface area (Å²) < 4.78 is 13.9. The smallest absolute Gasteiger partial charge is 0.272 e. The summed E-state index contributed by atoms with van der Waals surface area (Å²) in [5.41, 5.74) is 3.47. The van der Waals surface area contributed by atoms with Gasteiger partial charge in [-0.05, 0) is 36.3 Å². The molecule has 0 aliphatic carbocycles. The van der Waals surface area contributed by atoms with Gasteiger partial charge < -0.3 is 10.2 Å². The Bertz CT molecular complexity index is 1010. The van der Waals surface area contributed by atoms with Crippen molar-refractivity contribution in [2.24, 2.45) is 9.98 Å². The van der Waals surface area contributed by atoms with E-state index < -0.39 is 6.67 Å². The number of nitrogens with zero attached hydrogens (tertiary/aromatic N) is 5. The lowest BCUT2D eigenvalue weighted by atomic mass is 9.98. The van der Waals surface area contributed by atoms with Crippen molar-refractivity contribution >= 4 is 29.4 Å². The molecule has 2 amide bonds. The number of nitrogens with one attached hydrogen (secondary N) is 1. The fourth-order valence-electron chi connectivity index (χ4n) is 4.21. The molecule has 1 aromatic heterocycles. The summed E-state index contributed by atoms with van der Waals surface area (Å²) >= 11 is 0. The molecule has 0 aromatic carbocycles. The predicted octanol–water partition coefficient (Wildman–Crippen LogP) is 1.60. The van der Waals surface area contributed by atoms with Crippen molar-refractivity contribution in [1.82, 2.24) is 15.2 Å². The summed E-state index contributed by atoms with van der Waals surface area (Å²) in [5.74, 6) is -0.438. The lowest BCUT2D eigenvalue weighted by molar-refractivity contribution is -0.114. The van der Waals surface area contributed by atoms with Crippen LogP contribution in [0, 0.1) is 0 Å². The molecule has 4 heterocycles. The molecule has 32 heavy (non-hydrogen) atoms. The number of rotatable bonds is 6. The number of hydrogen-bond donors (Lipinski definition) is 1. The second kappa shape index (κ2) is 9.52. The first-order chi connectivity index (χ1) is 15.5. The van der Waals surface area contributed by atoms with Crippen LogP contribution >= 0.6 is 0 Å². The third kappa shape index (κ3) is 4.52. The monoisotopic (exact) mass is 438 g/mol. The molecule has 3 aliphatic heterocycles. The summed E-state index contributed by atoms with van der Waals surface area (Å²) in [7, 11) is 1.56. The fraction of sp³-hybridized carbons (Fsp3) is 0.435. The molecule has 1 unspecified atom stereocenters. The Hall–Kier alpha value is -3.20. The van der Waals surface area contributed by atoms with E-state index in [0.29, 0.717) is 43.0 Å². The number of alkyl halides is 1. The van der Waals surface area contributed by atoms with Crippen LogP contribution in [0.3, 0.4) is 0 Å². The fourth-order valence-corrected chi connectivity index (χ4v) is 4.21. The van der Waals surface area contributed by atoms with Gasteiger partial charge in [0.05, 0.1) is 23.6 Å². The molecule has 168 valence electrons. The minimum Gasteiger partial charge on any atom is -0.362 e. The number of carbonyl (C=O) groups excluding carboxylic acids is 2. The number of pyridine rings is 1. The lowest BCUT2D eigenvalue weighted by Crippen LogP contribution is -2.54. The Balaban J connectivity index is 1.40. The van der Waals surface area contributed by atoms with Gasteiger partial charge in [0.15, 0.2) is 0 Å². The van der Waals surface area contributed by atoms with Crippen LogP contribution < -0.4 is 10.2 Å². The van der Waals surface area contributed by atoms with Crippen LogP contribution in [0.25, 0.3) is 0 Å². The summed E-state index contributed by atoms with van der Waals surface area (Å²) in [5, 5.41) is 2.54. The van der Waals surface area contributed by atoms with Crippen molar-refractivity contribution in [3.8, 4) is 0 Å². The van der Waals surface area contributed by atoms with Gasteiger partial charge in [-0.2, -0.15) is 0 Å². The molecule has 0 spiro atoms. The zero-order valence-corrected chi connectivity index (χ0v) is 18.3. The second-order valence-corrected chi connectivity index (χ2v) is 8.05. The Morgan fingerprint density at radius 1 is 1.31 bits per heavy atom. The molecule has 0 bridgehead atoms. The molecule has 9 heteroatoms. The number of aliphatic imine (C=N–C) groups is 2. The number of carbonyl (C=O) groups is 2. The largest absolute Gasteiger partial charge is 0.362 e. The van der Waals surface area contributed by atoms with E-state index >= 15 is 0 Å². The normalized spacial score (nSPS) is 23.3. The third-order valence-electron chi connectivity index (χ3n) is 5.97. The van der Waals surface area contributed by atoms with Gasteiger partial charge in [0.2, 0.25) is 0 Å². The maximum atomic E-state index is 13.9. The molecule has 1 fully saturated rings. The number of hydrogen-bond acceptors (Lipinski definition) is 6. The number of halogens is 1. The highest BCUT2D eigenvalue weighted by Gasteiger charge is 2.29. The van der Waals surface area contributed by atoms with Crippen molar-refractivity contribution < 1.29 is 14.0 Å². The van der Waals surface area contributed by atoms with Gasteiger partial charge in [0.25, 0.3) is 11.8 Å². The van der Waals surface area contributed by atoms with Gasteiger partial charge >= 0.3 is 0 Å². The summed E-state index contributed by atoms with van der Waals surface area (Å²) in [4.78, 5) is 40.9. The zero-order valence-electron chi connectivity index (χ0n) is 18.3. The highest BCUT2D eigenvalue weighted by molar-refractivity contribution is 6.16. The van der Waals surface area contributed by atoms with Crippen LogP contribution in [0.4, 0.5) is 10.1 Å². The maximum Gasteiger partial charge on any atom is 0.272 e. The standard InChI is InChI=1S/C23H27FN6O2/c1-3-16-9-20-21(28-22(16)31)8-15(11-26-20)13-29-6-7-30(18(10-24)14-29)17-4-5-19(27-12-17)23(32)25-2/h4-5,8-9,11-12,18,20H,3,6-7,10,13-14H2,1-2H3,(H,25,32)/t18-,20?/m1/s1. The number of anilines is 1. The van der Waals surface area contributed by atoms with E-state index in [9.17, 15) is 14.0 Å². The molecular weight excluding hydrogens is 411 g/mol. The molecular formula is C23H27FN6O2. The minimum absolute atomic E-state index is 0.186. The van der Waals surface area contributed by atoms with Crippen LogP contribution in [-0.2, 0) is 4.79 Å². The van der Waals surface area contributed by atoms with Crippen molar-refractivity contribution in [3.63, 3.8) is 0 Å². The van der Waals surface area contributed by atoms with Crippen LogP contribution in [-0.4, -0.2) is 85.6 Å². The van der Waals surface area contributed by atoms with Crippen molar-refractivity contribution in [3.05, 3.63) is 47.3 Å². The number of fused-ring (bicyclic) bond motifs is 1. The molecule has 0 radical (unpaired) electrons. The first-order valence-electron chi connectivity index (χ1n) is 10.8. The van der Waals surface area contributed by atoms with E-state index in [1.165, 1.54) is 0 Å². The molecule has 1 aromatic rings. The SMILES string of the molecule is CCC1=CC2N=CC(CN3CCN(c4ccc(C(=O)NC)nc4)[C@H](CF)C3)=CC2=NC1=O. The summed E-state index contributed by atoms with van der Waals surface area (Å²) in [6, 6.07) is 2.96.